The fourth-order valence-corrected chi connectivity index (χ4v) is 2.57. The molecule has 0 saturated carbocycles. The van der Waals surface area contributed by atoms with Gasteiger partial charge in [0.1, 0.15) is 22.6 Å². The third-order valence-corrected chi connectivity index (χ3v) is 3.47. The Morgan fingerprint density at radius 2 is 2.35 bits per heavy atom. The van der Waals surface area contributed by atoms with Crippen molar-refractivity contribution in [3.05, 3.63) is 10.6 Å². The lowest BCUT2D eigenvalue weighted by molar-refractivity contribution is 0.283. The number of ether oxygens (including phenoxy) is 1. The number of amidine groups is 1. The van der Waals surface area contributed by atoms with Crippen molar-refractivity contribution in [3.63, 3.8) is 0 Å². The number of rotatable bonds is 2. The van der Waals surface area contributed by atoms with Gasteiger partial charge in [0.05, 0.1) is 13.7 Å². The molecule has 0 aromatic carbocycles. The van der Waals surface area contributed by atoms with E-state index >= 15 is 0 Å². The average Bonchev–Trinajstić information content (AvgIpc) is 2.85. The monoisotopic (exact) mass is 255 g/mol. The highest BCUT2D eigenvalue weighted by Gasteiger charge is 2.30. The summed E-state index contributed by atoms with van der Waals surface area (Å²) in [6.07, 6.45) is 1.86. The number of methoxy groups -OCH3 is 1. The zero-order valence-corrected chi connectivity index (χ0v) is 11.0. The third-order valence-electron chi connectivity index (χ3n) is 2.67. The van der Waals surface area contributed by atoms with Crippen LogP contribution in [0.1, 0.15) is 6.92 Å². The van der Waals surface area contributed by atoms with Crippen LogP contribution < -0.4 is 11.2 Å². The molecule has 0 aromatic heterocycles. The van der Waals surface area contributed by atoms with Crippen LogP contribution in [0.2, 0.25) is 0 Å². The van der Waals surface area contributed by atoms with Gasteiger partial charge in [0.2, 0.25) is 5.90 Å². The zero-order chi connectivity index (χ0) is 12.4. The van der Waals surface area contributed by atoms with E-state index in [0.717, 1.165) is 29.5 Å². The summed E-state index contributed by atoms with van der Waals surface area (Å²) in [4.78, 5) is 8.82. The summed E-state index contributed by atoms with van der Waals surface area (Å²) in [7, 11) is 1.62. The van der Waals surface area contributed by atoms with Gasteiger partial charge in [0, 0.05) is 6.54 Å². The maximum atomic E-state index is 6.02. The van der Waals surface area contributed by atoms with E-state index in [-0.39, 0.29) is 6.17 Å². The average molecular weight is 255 g/mol. The first-order valence-electron chi connectivity index (χ1n) is 5.42. The topological polar surface area (TPSA) is 75.2 Å². The Bertz CT molecular complexity index is 404. The Kier molecular flexibility index (Phi) is 3.58. The van der Waals surface area contributed by atoms with E-state index in [2.05, 4.69) is 15.3 Å². The van der Waals surface area contributed by atoms with E-state index in [9.17, 15) is 0 Å². The predicted molar refractivity (Wildman–Crippen MR) is 70.8 cm³/mol. The molecule has 2 rings (SSSR count). The summed E-state index contributed by atoms with van der Waals surface area (Å²) in [6, 6.07) is 0. The molecular formula is C10H17N5OS. The van der Waals surface area contributed by atoms with Crippen molar-refractivity contribution >= 4 is 23.5 Å². The normalized spacial score (nSPS) is 24.5. The highest BCUT2D eigenvalue weighted by Crippen LogP contribution is 2.28. The first kappa shape index (κ1) is 12.3. The van der Waals surface area contributed by atoms with Crippen molar-refractivity contribution in [3.8, 4) is 0 Å². The quantitative estimate of drug-likeness (QED) is 0.687. The van der Waals surface area contributed by atoms with Gasteiger partial charge in [-0.1, -0.05) is 0 Å². The highest BCUT2D eigenvalue weighted by atomic mass is 32.2. The summed E-state index contributed by atoms with van der Waals surface area (Å²) >= 11 is 1.57. The van der Waals surface area contributed by atoms with Crippen molar-refractivity contribution in [1.29, 1.82) is 0 Å². The van der Waals surface area contributed by atoms with Crippen LogP contribution >= 0.6 is 11.8 Å². The number of hydrogen-bond donors (Lipinski definition) is 2. The highest BCUT2D eigenvalue weighted by molar-refractivity contribution is 8.02. The fraction of sp³-hybridized carbons (Fsp3) is 0.600. The maximum absolute atomic E-state index is 6.02. The molecule has 17 heavy (non-hydrogen) atoms. The predicted octanol–water partition coefficient (Wildman–Crippen LogP) is 0.143. The molecule has 0 fully saturated rings. The lowest BCUT2D eigenvalue weighted by Crippen LogP contribution is -2.44. The number of nitrogens with zero attached hydrogens (tertiary/aromatic N) is 3. The van der Waals surface area contributed by atoms with Gasteiger partial charge in [-0.3, -0.25) is 10.0 Å². The minimum atomic E-state index is -0.127. The molecule has 2 heterocycles. The standard InChI is InChI=1S/C10H17N5OS/c1-6-14-9(16-2)7(8-12-4-5-13-8)10(17-3)15(6)11/h6H,4-5,11H2,1-3H3,(H,12,13). The van der Waals surface area contributed by atoms with Crippen LogP contribution in [0.5, 0.6) is 0 Å². The number of hydrogen-bond acceptors (Lipinski definition) is 7. The van der Waals surface area contributed by atoms with Crippen LogP contribution in [0.25, 0.3) is 0 Å². The Hall–Kier alpha value is -1.21. The Morgan fingerprint density at radius 3 is 2.88 bits per heavy atom. The molecule has 3 N–H and O–H groups in total. The third kappa shape index (κ3) is 2.12. The number of thioether (sulfide) groups is 1. The molecule has 2 aliphatic heterocycles. The number of nitrogens with one attached hydrogen (secondary N) is 1. The van der Waals surface area contributed by atoms with Gasteiger partial charge in [0.15, 0.2) is 0 Å². The summed E-state index contributed by atoms with van der Waals surface area (Å²) in [5, 5.41) is 5.80. The van der Waals surface area contributed by atoms with Gasteiger partial charge in [-0.15, -0.1) is 11.8 Å². The second-order valence-corrected chi connectivity index (χ2v) is 4.51. The number of aliphatic imine (C=N–C) groups is 2. The lowest BCUT2D eigenvalue weighted by atomic mass is 10.2. The van der Waals surface area contributed by atoms with Crippen molar-refractivity contribution in [2.75, 3.05) is 26.5 Å². The minimum Gasteiger partial charge on any atom is -0.481 e. The van der Waals surface area contributed by atoms with E-state index in [1.54, 1.807) is 23.9 Å². The molecule has 1 unspecified atom stereocenters. The Labute approximate surface area is 105 Å². The van der Waals surface area contributed by atoms with E-state index in [1.807, 2.05) is 13.2 Å². The molecule has 0 spiro atoms. The van der Waals surface area contributed by atoms with Gasteiger partial charge in [-0.25, -0.2) is 10.8 Å². The Balaban J connectivity index is 2.46. The summed E-state index contributed by atoms with van der Waals surface area (Å²) < 4.78 is 5.34. The molecule has 2 aliphatic rings. The smallest absolute Gasteiger partial charge is 0.224 e. The maximum Gasteiger partial charge on any atom is 0.224 e. The second-order valence-electron chi connectivity index (χ2n) is 3.72. The van der Waals surface area contributed by atoms with E-state index < -0.39 is 0 Å². The van der Waals surface area contributed by atoms with E-state index in [4.69, 9.17) is 10.6 Å². The minimum absolute atomic E-state index is 0.127. The summed E-state index contributed by atoms with van der Waals surface area (Å²) in [6.45, 7) is 3.55. The molecule has 0 bridgehead atoms. The number of nitrogens with two attached hydrogens (primary N) is 1. The molecule has 0 saturated heterocycles. The van der Waals surface area contributed by atoms with Crippen LogP contribution in [-0.4, -0.2) is 49.4 Å². The SMILES string of the molecule is COC1=NC(C)N(N)C(SC)=C1C1=NCCN1. The molecular weight excluding hydrogens is 238 g/mol. The lowest BCUT2D eigenvalue weighted by Gasteiger charge is -2.31. The van der Waals surface area contributed by atoms with E-state index in [1.165, 1.54) is 0 Å². The molecule has 94 valence electrons. The Morgan fingerprint density at radius 1 is 1.59 bits per heavy atom. The van der Waals surface area contributed by atoms with Crippen LogP contribution in [-0.2, 0) is 4.74 Å². The first-order valence-corrected chi connectivity index (χ1v) is 6.64. The molecule has 0 amide bonds. The van der Waals surface area contributed by atoms with Crippen LogP contribution in [0, 0.1) is 0 Å². The molecule has 0 radical (unpaired) electrons. The van der Waals surface area contributed by atoms with Gasteiger partial charge < -0.3 is 10.1 Å². The fourth-order valence-electron chi connectivity index (χ4n) is 1.82. The van der Waals surface area contributed by atoms with Crippen LogP contribution in [0.3, 0.4) is 0 Å². The second kappa shape index (κ2) is 4.97. The van der Waals surface area contributed by atoms with Gasteiger partial charge in [-0.2, -0.15) is 0 Å². The van der Waals surface area contributed by atoms with Crippen LogP contribution in [0.15, 0.2) is 20.6 Å². The number of hydrazine groups is 1. The molecule has 0 aromatic rings. The summed E-state index contributed by atoms with van der Waals surface area (Å²) in [5.74, 6) is 7.43. The van der Waals surface area contributed by atoms with E-state index in [0.29, 0.717) is 5.90 Å². The molecule has 0 aliphatic carbocycles. The van der Waals surface area contributed by atoms with Crippen LogP contribution in [0.4, 0.5) is 0 Å². The van der Waals surface area contributed by atoms with Crippen molar-refractivity contribution in [1.82, 2.24) is 10.3 Å². The van der Waals surface area contributed by atoms with Gasteiger partial charge in [0.25, 0.3) is 0 Å². The molecule has 1 atom stereocenters. The molecule has 6 nitrogen and oxygen atoms in total. The van der Waals surface area contributed by atoms with Crippen molar-refractivity contribution in [2.24, 2.45) is 15.8 Å². The first-order chi connectivity index (χ1) is 8.19. The zero-order valence-electron chi connectivity index (χ0n) is 10.2. The largest absolute Gasteiger partial charge is 0.481 e. The van der Waals surface area contributed by atoms with Gasteiger partial charge >= 0.3 is 0 Å². The summed E-state index contributed by atoms with van der Waals surface area (Å²) in [5.41, 5.74) is 0.859. The van der Waals surface area contributed by atoms with Gasteiger partial charge in [-0.05, 0) is 13.2 Å². The van der Waals surface area contributed by atoms with Crippen molar-refractivity contribution < 1.29 is 4.74 Å². The molecule has 7 heteroatoms. The van der Waals surface area contributed by atoms with Crippen molar-refractivity contribution in [2.45, 2.75) is 13.1 Å².